The third kappa shape index (κ3) is 7.32. The zero-order valence-corrected chi connectivity index (χ0v) is 17.6. The molecule has 0 unspecified atom stereocenters. The molecule has 0 atom stereocenters. The molecule has 0 aromatic heterocycles. The fraction of sp³-hybridized carbons (Fsp3) is 0.316. The normalized spacial score (nSPS) is 11.2. The minimum absolute atomic E-state index is 0.0740. The third-order valence-electron chi connectivity index (χ3n) is 3.70. The summed E-state index contributed by atoms with van der Waals surface area (Å²) in [4.78, 5) is 14.6. The topological polar surface area (TPSA) is 72.9 Å². The molecule has 0 saturated carbocycles. The quantitative estimate of drug-likeness (QED) is 0.427. The monoisotopic (exact) mass is 455 g/mol. The predicted molar refractivity (Wildman–Crippen MR) is 107 cm³/mol. The second-order valence-corrected chi connectivity index (χ2v) is 8.50. The van der Waals surface area contributed by atoms with E-state index in [-0.39, 0.29) is 11.7 Å². The zero-order valence-electron chi connectivity index (χ0n) is 15.2. The van der Waals surface area contributed by atoms with Crippen LogP contribution in [0, 0.1) is 0 Å². The Hall–Kier alpha value is -1.90. The molecule has 0 aliphatic heterocycles. The van der Waals surface area contributed by atoms with Gasteiger partial charge in [-0.05, 0) is 48.4 Å². The highest BCUT2D eigenvalue weighted by Gasteiger charge is 2.16. The first-order chi connectivity index (χ1) is 12.8. The number of halogens is 1. The second kappa shape index (κ2) is 9.87. The lowest BCUT2D eigenvalue weighted by atomic mass is 10.1. The van der Waals surface area contributed by atoms with E-state index in [0.717, 1.165) is 16.3 Å². The van der Waals surface area contributed by atoms with E-state index in [1.54, 1.807) is 48.4 Å². The van der Waals surface area contributed by atoms with E-state index in [1.165, 1.54) is 0 Å². The summed E-state index contributed by atoms with van der Waals surface area (Å²) in [6.45, 7) is 1.51. The SMILES string of the molecule is COCCCN(Cc1ccc(OS(C)(=O)=O)cc1)C(=O)c1ccc(Br)cc1. The van der Waals surface area contributed by atoms with Crippen molar-refractivity contribution in [2.75, 3.05) is 26.5 Å². The number of benzene rings is 2. The summed E-state index contributed by atoms with van der Waals surface area (Å²) in [6.07, 6.45) is 1.71. The highest BCUT2D eigenvalue weighted by molar-refractivity contribution is 9.10. The lowest BCUT2D eigenvalue weighted by molar-refractivity contribution is 0.0723. The molecule has 0 aliphatic rings. The van der Waals surface area contributed by atoms with Gasteiger partial charge in [-0.3, -0.25) is 4.79 Å². The first kappa shape index (κ1) is 21.4. The predicted octanol–water partition coefficient (Wildman–Crippen LogP) is 3.47. The van der Waals surface area contributed by atoms with Gasteiger partial charge in [-0.1, -0.05) is 28.1 Å². The van der Waals surface area contributed by atoms with Crippen LogP contribution in [0.15, 0.2) is 53.0 Å². The van der Waals surface area contributed by atoms with Gasteiger partial charge in [0.05, 0.1) is 6.26 Å². The molecule has 8 heteroatoms. The van der Waals surface area contributed by atoms with Gasteiger partial charge in [-0.25, -0.2) is 0 Å². The van der Waals surface area contributed by atoms with Crippen LogP contribution in [0.3, 0.4) is 0 Å². The lowest BCUT2D eigenvalue weighted by Gasteiger charge is -2.23. The van der Waals surface area contributed by atoms with Crippen LogP contribution in [0.1, 0.15) is 22.3 Å². The van der Waals surface area contributed by atoms with E-state index >= 15 is 0 Å². The highest BCUT2D eigenvalue weighted by atomic mass is 79.9. The molecule has 0 bridgehead atoms. The van der Waals surface area contributed by atoms with Crippen LogP contribution in [0.5, 0.6) is 5.75 Å². The van der Waals surface area contributed by atoms with Crippen LogP contribution in [-0.4, -0.2) is 45.7 Å². The van der Waals surface area contributed by atoms with E-state index in [2.05, 4.69) is 15.9 Å². The molecule has 0 saturated heterocycles. The highest BCUT2D eigenvalue weighted by Crippen LogP contribution is 2.18. The van der Waals surface area contributed by atoms with Gasteiger partial charge in [0.1, 0.15) is 5.75 Å². The number of amides is 1. The molecule has 0 heterocycles. The van der Waals surface area contributed by atoms with Crippen molar-refractivity contribution in [2.24, 2.45) is 0 Å². The van der Waals surface area contributed by atoms with Crippen molar-refractivity contribution in [1.29, 1.82) is 0 Å². The van der Waals surface area contributed by atoms with Gasteiger partial charge < -0.3 is 13.8 Å². The Morgan fingerprint density at radius 2 is 1.70 bits per heavy atom. The molecule has 0 fully saturated rings. The fourth-order valence-electron chi connectivity index (χ4n) is 2.47. The first-order valence-corrected chi connectivity index (χ1v) is 10.9. The van der Waals surface area contributed by atoms with Gasteiger partial charge in [-0.15, -0.1) is 0 Å². The van der Waals surface area contributed by atoms with Gasteiger partial charge in [0.15, 0.2) is 0 Å². The summed E-state index contributed by atoms with van der Waals surface area (Å²) >= 11 is 3.37. The van der Waals surface area contributed by atoms with Crippen LogP contribution in [0.25, 0.3) is 0 Å². The first-order valence-electron chi connectivity index (χ1n) is 8.30. The Balaban J connectivity index is 2.13. The van der Waals surface area contributed by atoms with Crippen LogP contribution >= 0.6 is 15.9 Å². The Morgan fingerprint density at radius 1 is 1.07 bits per heavy atom. The summed E-state index contributed by atoms with van der Waals surface area (Å²) in [7, 11) is -1.94. The number of nitrogens with zero attached hydrogens (tertiary/aromatic N) is 1. The maximum Gasteiger partial charge on any atom is 0.306 e. The molecular formula is C19H22BrNO5S. The van der Waals surface area contributed by atoms with Crippen molar-refractivity contribution in [3.63, 3.8) is 0 Å². The second-order valence-electron chi connectivity index (χ2n) is 6.01. The summed E-state index contributed by atoms with van der Waals surface area (Å²) in [5, 5.41) is 0. The van der Waals surface area contributed by atoms with Crippen molar-refractivity contribution in [3.05, 3.63) is 64.1 Å². The molecule has 2 aromatic carbocycles. The largest absolute Gasteiger partial charge is 0.385 e. The standard InChI is InChI=1S/C19H22BrNO5S/c1-25-13-3-12-21(19(22)16-6-8-17(20)9-7-16)14-15-4-10-18(11-5-15)26-27(2,23)24/h4-11H,3,12-14H2,1-2H3. The molecule has 0 radical (unpaired) electrons. The number of ether oxygens (including phenoxy) is 1. The number of carbonyl (C=O) groups is 1. The van der Waals surface area contributed by atoms with Crippen molar-refractivity contribution in [1.82, 2.24) is 4.90 Å². The number of carbonyl (C=O) groups excluding carboxylic acids is 1. The van der Waals surface area contributed by atoms with E-state index in [1.807, 2.05) is 12.1 Å². The summed E-state index contributed by atoms with van der Waals surface area (Å²) < 4.78 is 33.2. The van der Waals surface area contributed by atoms with Crippen molar-refractivity contribution in [2.45, 2.75) is 13.0 Å². The lowest BCUT2D eigenvalue weighted by Crippen LogP contribution is -2.32. The smallest absolute Gasteiger partial charge is 0.306 e. The fourth-order valence-corrected chi connectivity index (χ4v) is 3.20. The minimum Gasteiger partial charge on any atom is -0.385 e. The molecule has 6 nitrogen and oxygen atoms in total. The van der Waals surface area contributed by atoms with E-state index in [9.17, 15) is 13.2 Å². The Kier molecular flexibility index (Phi) is 7.82. The summed E-state index contributed by atoms with van der Waals surface area (Å²) in [5.74, 6) is 0.168. The van der Waals surface area contributed by atoms with Gasteiger partial charge in [0, 0.05) is 36.8 Å². The van der Waals surface area contributed by atoms with Crippen LogP contribution in [0.2, 0.25) is 0 Å². The van der Waals surface area contributed by atoms with Crippen LogP contribution < -0.4 is 4.18 Å². The number of hydrogen-bond acceptors (Lipinski definition) is 5. The molecule has 0 aliphatic carbocycles. The minimum atomic E-state index is -3.56. The molecule has 0 spiro atoms. The molecular weight excluding hydrogens is 434 g/mol. The maximum atomic E-state index is 12.9. The van der Waals surface area contributed by atoms with Crippen molar-refractivity contribution in [3.8, 4) is 5.75 Å². The van der Waals surface area contributed by atoms with Crippen molar-refractivity contribution >= 4 is 32.0 Å². The Morgan fingerprint density at radius 3 is 2.26 bits per heavy atom. The van der Waals surface area contributed by atoms with Crippen molar-refractivity contribution < 1.29 is 22.1 Å². The third-order valence-corrected chi connectivity index (χ3v) is 4.72. The Labute approximate surface area is 168 Å². The van der Waals surface area contributed by atoms with E-state index in [0.29, 0.717) is 31.7 Å². The number of hydrogen-bond donors (Lipinski definition) is 0. The molecule has 2 rings (SSSR count). The molecule has 146 valence electrons. The van der Waals surface area contributed by atoms with Gasteiger partial charge in [0.2, 0.25) is 0 Å². The van der Waals surface area contributed by atoms with Crippen LogP contribution in [0.4, 0.5) is 0 Å². The number of methoxy groups -OCH3 is 1. The van der Waals surface area contributed by atoms with E-state index < -0.39 is 10.1 Å². The van der Waals surface area contributed by atoms with E-state index in [4.69, 9.17) is 8.92 Å². The van der Waals surface area contributed by atoms with Gasteiger partial charge >= 0.3 is 10.1 Å². The van der Waals surface area contributed by atoms with Gasteiger partial charge in [0.25, 0.3) is 5.91 Å². The zero-order chi connectivity index (χ0) is 19.9. The number of rotatable bonds is 9. The molecule has 2 aromatic rings. The Bertz CT molecular complexity index is 851. The van der Waals surface area contributed by atoms with Crippen LogP contribution in [-0.2, 0) is 21.4 Å². The average Bonchev–Trinajstić information content (AvgIpc) is 2.61. The molecule has 0 N–H and O–H groups in total. The molecule has 1 amide bonds. The van der Waals surface area contributed by atoms with Gasteiger partial charge in [-0.2, -0.15) is 8.42 Å². The summed E-state index contributed by atoms with van der Waals surface area (Å²) in [6, 6.07) is 13.9. The average molecular weight is 456 g/mol. The summed E-state index contributed by atoms with van der Waals surface area (Å²) in [5.41, 5.74) is 1.48. The molecule has 27 heavy (non-hydrogen) atoms. The maximum absolute atomic E-state index is 12.9.